The lowest BCUT2D eigenvalue weighted by Crippen LogP contribution is -2.41. The Bertz CT molecular complexity index is 547. The van der Waals surface area contributed by atoms with Crippen molar-refractivity contribution in [3.05, 3.63) is 48.0 Å². The summed E-state index contributed by atoms with van der Waals surface area (Å²) in [6, 6.07) is 10.0. The molecule has 0 aliphatic carbocycles. The van der Waals surface area contributed by atoms with Crippen LogP contribution in [0.2, 0.25) is 0 Å². The van der Waals surface area contributed by atoms with E-state index in [1.54, 1.807) is 6.92 Å². The number of Topliss-reactive ketones (excluding diaryl/α,β-unsaturated/α-hetero) is 1. The van der Waals surface area contributed by atoms with Crippen molar-refractivity contribution in [2.24, 2.45) is 5.92 Å². The average Bonchev–Trinajstić information content (AvgIpc) is 2.86. The Morgan fingerprint density at radius 2 is 2.00 bits per heavy atom. The highest BCUT2D eigenvalue weighted by Gasteiger charge is 2.43. The molecule has 3 heteroatoms. The molecule has 22 heavy (non-hydrogen) atoms. The van der Waals surface area contributed by atoms with Gasteiger partial charge in [-0.05, 0) is 25.0 Å². The zero-order valence-corrected chi connectivity index (χ0v) is 13.4. The summed E-state index contributed by atoms with van der Waals surface area (Å²) < 4.78 is 5.71. The molecule has 2 atom stereocenters. The van der Waals surface area contributed by atoms with E-state index in [2.05, 4.69) is 6.92 Å². The van der Waals surface area contributed by atoms with Gasteiger partial charge in [-0.1, -0.05) is 50.1 Å². The number of unbranched alkanes of at least 4 members (excludes halogenated alkanes) is 1. The summed E-state index contributed by atoms with van der Waals surface area (Å²) in [5.41, 5.74) is 0.436. The van der Waals surface area contributed by atoms with Gasteiger partial charge in [0.2, 0.25) is 0 Å². The van der Waals surface area contributed by atoms with E-state index in [4.69, 9.17) is 4.74 Å². The van der Waals surface area contributed by atoms with Gasteiger partial charge < -0.3 is 9.53 Å². The van der Waals surface area contributed by atoms with Crippen molar-refractivity contribution in [1.82, 2.24) is 0 Å². The van der Waals surface area contributed by atoms with Crippen molar-refractivity contribution in [2.75, 3.05) is 0 Å². The molecule has 1 aromatic carbocycles. The molecule has 0 N–H and O–H groups in total. The van der Waals surface area contributed by atoms with Crippen LogP contribution in [0.3, 0.4) is 0 Å². The third-order valence-corrected chi connectivity index (χ3v) is 4.25. The normalized spacial score (nSPS) is 21.6. The first-order chi connectivity index (χ1) is 10.6. The zero-order valence-electron chi connectivity index (χ0n) is 13.4. The standard InChI is InChI=1S/C19H24O3/c1-3-4-10-17(13-15(2)20)19(12-11-18(21)22-19)14-16-8-6-5-7-9-16/h5-9,11-12,17H,3-4,10,13-14H2,1-2H3/t17-,19-/m1/s1. The van der Waals surface area contributed by atoms with Crippen molar-refractivity contribution in [2.45, 2.75) is 51.6 Å². The van der Waals surface area contributed by atoms with Gasteiger partial charge in [-0.2, -0.15) is 0 Å². The molecular formula is C19H24O3. The fourth-order valence-corrected chi connectivity index (χ4v) is 3.15. The highest BCUT2D eigenvalue weighted by atomic mass is 16.6. The van der Waals surface area contributed by atoms with Gasteiger partial charge in [0.25, 0.3) is 0 Å². The second-order valence-corrected chi connectivity index (χ2v) is 6.12. The van der Waals surface area contributed by atoms with Crippen LogP contribution in [0.25, 0.3) is 0 Å². The number of hydrogen-bond donors (Lipinski definition) is 0. The minimum Gasteiger partial charge on any atom is -0.451 e. The number of esters is 1. The number of hydrogen-bond acceptors (Lipinski definition) is 3. The summed E-state index contributed by atoms with van der Waals surface area (Å²) >= 11 is 0. The number of ketones is 1. The van der Waals surface area contributed by atoms with Crippen molar-refractivity contribution < 1.29 is 14.3 Å². The first-order valence-electron chi connectivity index (χ1n) is 8.01. The van der Waals surface area contributed by atoms with Gasteiger partial charge in [0.15, 0.2) is 0 Å². The molecule has 0 saturated carbocycles. The van der Waals surface area contributed by atoms with E-state index in [9.17, 15) is 9.59 Å². The molecule has 0 fully saturated rings. The number of cyclic esters (lactones) is 1. The summed E-state index contributed by atoms with van der Waals surface area (Å²) in [7, 11) is 0. The molecule has 0 spiro atoms. The maximum absolute atomic E-state index is 11.7. The number of benzene rings is 1. The molecule has 0 unspecified atom stereocenters. The molecular weight excluding hydrogens is 276 g/mol. The molecule has 0 bridgehead atoms. The lowest BCUT2D eigenvalue weighted by Gasteiger charge is -2.35. The van der Waals surface area contributed by atoms with Crippen LogP contribution in [-0.2, 0) is 20.7 Å². The van der Waals surface area contributed by atoms with Crippen LogP contribution in [0.15, 0.2) is 42.5 Å². The number of carbonyl (C=O) groups excluding carboxylic acids is 2. The van der Waals surface area contributed by atoms with Crippen molar-refractivity contribution in [3.63, 3.8) is 0 Å². The van der Waals surface area contributed by atoms with Gasteiger partial charge in [0, 0.05) is 24.8 Å². The molecule has 1 aliphatic rings. The molecule has 2 rings (SSSR count). The van der Waals surface area contributed by atoms with E-state index >= 15 is 0 Å². The number of ether oxygens (including phenoxy) is 1. The number of carbonyl (C=O) groups is 2. The van der Waals surface area contributed by atoms with Crippen LogP contribution in [0.4, 0.5) is 0 Å². The van der Waals surface area contributed by atoms with Crippen molar-refractivity contribution in [3.8, 4) is 0 Å². The Labute approximate surface area is 132 Å². The Morgan fingerprint density at radius 3 is 2.55 bits per heavy atom. The third-order valence-electron chi connectivity index (χ3n) is 4.25. The minimum absolute atomic E-state index is 0.0351. The monoisotopic (exact) mass is 300 g/mol. The maximum atomic E-state index is 11.7. The zero-order chi connectivity index (χ0) is 16.0. The maximum Gasteiger partial charge on any atom is 0.331 e. The van der Waals surface area contributed by atoms with Gasteiger partial charge in [0.05, 0.1) is 0 Å². The summed E-state index contributed by atoms with van der Waals surface area (Å²) in [5, 5.41) is 0. The molecule has 0 aromatic heterocycles. The Balaban J connectivity index is 2.27. The quantitative estimate of drug-likeness (QED) is 0.685. The Hall–Kier alpha value is -1.90. The Morgan fingerprint density at radius 1 is 1.27 bits per heavy atom. The molecule has 0 saturated heterocycles. The third kappa shape index (κ3) is 4.06. The van der Waals surface area contributed by atoms with E-state index in [-0.39, 0.29) is 17.7 Å². The van der Waals surface area contributed by atoms with Gasteiger partial charge in [0.1, 0.15) is 11.4 Å². The average molecular weight is 300 g/mol. The fraction of sp³-hybridized carbons (Fsp3) is 0.474. The topological polar surface area (TPSA) is 43.4 Å². The van der Waals surface area contributed by atoms with E-state index in [1.165, 1.54) is 6.08 Å². The van der Waals surface area contributed by atoms with Crippen molar-refractivity contribution >= 4 is 11.8 Å². The summed E-state index contributed by atoms with van der Waals surface area (Å²) in [6.45, 7) is 3.74. The SMILES string of the molecule is CCCC[C@H](CC(C)=O)[C@]1(Cc2ccccc2)C=CC(=O)O1. The van der Waals surface area contributed by atoms with Crippen LogP contribution >= 0.6 is 0 Å². The van der Waals surface area contributed by atoms with Gasteiger partial charge in [-0.3, -0.25) is 0 Å². The summed E-state index contributed by atoms with van der Waals surface area (Å²) in [5.74, 6) is -0.126. The van der Waals surface area contributed by atoms with Crippen LogP contribution < -0.4 is 0 Å². The minimum atomic E-state index is -0.681. The van der Waals surface area contributed by atoms with E-state index in [0.717, 1.165) is 24.8 Å². The summed E-state index contributed by atoms with van der Waals surface area (Å²) in [4.78, 5) is 23.4. The van der Waals surface area contributed by atoms with Gasteiger partial charge in [-0.25, -0.2) is 4.79 Å². The van der Waals surface area contributed by atoms with Crippen LogP contribution in [0.5, 0.6) is 0 Å². The molecule has 0 amide bonds. The first kappa shape index (κ1) is 16.5. The summed E-state index contributed by atoms with van der Waals surface area (Å²) in [6.07, 6.45) is 7.42. The second-order valence-electron chi connectivity index (χ2n) is 6.12. The molecule has 0 radical (unpaired) electrons. The van der Waals surface area contributed by atoms with E-state index in [1.807, 2.05) is 36.4 Å². The van der Waals surface area contributed by atoms with Gasteiger partial charge >= 0.3 is 5.97 Å². The van der Waals surface area contributed by atoms with E-state index < -0.39 is 5.60 Å². The molecule has 1 aliphatic heterocycles. The van der Waals surface area contributed by atoms with Crippen LogP contribution in [0.1, 0.15) is 45.1 Å². The smallest absolute Gasteiger partial charge is 0.331 e. The highest BCUT2D eigenvalue weighted by molar-refractivity contribution is 5.85. The molecule has 3 nitrogen and oxygen atoms in total. The largest absolute Gasteiger partial charge is 0.451 e. The predicted molar refractivity (Wildman–Crippen MR) is 86.4 cm³/mol. The van der Waals surface area contributed by atoms with Crippen LogP contribution in [-0.4, -0.2) is 17.4 Å². The lowest BCUT2D eigenvalue weighted by atomic mass is 9.77. The fourth-order valence-electron chi connectivity index (χ4n) is 3.15. The first-order valence-corrected chi connectivity index (χ1v) is 8.01. The molecule has 1 heterocycles. The van der Waals surface area contributed by atoms with E-state index in [0.29, 0.717) is 12.8 Å². The second kappa shape index (κ2) is 7.39. The lowest BCUT2D eigenvalue weighted by molar-refractivity contribution is -0.151. The number of rotatable bonds is 8. The molecule has 1 aromatic rings. The van der Waals surface area contributed by atoms with Crippen LogP contribution in [0, 0.1) is 5.92 Å². The Kier molecular flexibility index (Phi) is 5.53. The predicted octanol–water partition coefficient (Wildman–Crippen LogP) is 3.87. The van der Waals surface area contributed by atoms with Crippen molar-refractivity contribution in [1.29, 1.82) is 0 Å². The van der Waals surface area contributed by atoms with Gasteiger partial charge in [-0.15, -0.1) is 0 Å². The molecule has 118 valence electrons. The highest BCUT2D eigenvalue weighted by Crippen LogP contribution is 2.37.